The standard InChI is InChI=1S/C9H15NOS/c1-3-11-9(6-10)8-4-5-12-7(8)2/h4-5,9H,3,6,10H2,1-2H3. The first-order valence-corrected chi connectivity index (χ1v) is 5.03. The summed E-state index contributed by atoms with van der Waals surface area (Å²) in [6.45, 7) is 5.37. The Labute approximate surface area is 77.3 Å². The highest BCUT2D eigenvalue weighted by Gasteiger charge is 2.11. The van der Waals surface area contributed by atoms with Crippen molar-refractivity contribution < 1.29 is 4.74 Å². The monoisotopic (exact) mass is 185 g/mol. The van der Waals surface area contributed by atoms with E-state index in [9.17, 15) is 0 Å². The predicted octanol–water partition coefficient (Wildman–Crippen LogP) is 2.09. The summed E-state index contributed by atoms with van der Waals surface area (Å²) in [5.41, 5.74) is 6.84. The summed E-state index contributed by atoms with van der Waals surface area (Å²) in [4.78, 5) is 1.30. The number of rotatable bonds is 4. The third-order valence-electron chi connectivity index (χ3n) is 1.83. The average molecular weight is 185 g/mol. The molecule has 0 radical (unpaired) electrons. The van der Waals surface area contributed by atoms with Crippen LogP contribution in [0, 0.1) is 6.92 Å². The lowest BCUT2D eigenvalue weighted by Crippen LogP contribution is -2.15. The van der Waals surface area contributed by atoms with Gasteiger partial charge in [-0.25, -0.2) is 0 Å². The van der Waals surface area contributed by atoms with E-state index in [0.717, 1.165) is 6.61 Å². The largest absolute Gasteiger partial charge is 0.372 e. The van der Waals surface area contributed by atoms with Gasteiger partial charge in [0.25, 0.3) is 0 Å². The molecule has 0 spiro atoms. The highest BCUT2D eigenvalue weighted by molar-refractivity contribution is 7.10. The first-order valence-electron chi connectivity index (χ1n) is 4.15. The van der Waals surface area contributed by atoms with Crippen molar-refractivity contribution in [1.29, 1.82) is 0 Å². The quantitative estimate of drug-likeness (QED) is 0.779. The van der Waals surface area contributed by atoms with E-state index in [-0.39, 0.29) is 6.10 Å². The number of hydrogen-bond donors (Lipinski definition) is 1. The van der Waals surface area contributed by atoms with Gasteiger partial charge in [-0.15, -0.1) is 11.3 Å². The van der Waals surface area contributed by atoms with Crippen LogP contribution in [0.1, 0.15) is 23.5 Å². The summed E-state index contributed by atoms with van der Waals surface area (Å²) < 4.78 is 5.50. The molecule has 1 rings (SSSR count). The Hall–Kier alpha value is -0.380. The Kier molecular flexibility index (Phi) is 3.72. The predicted molar refractivity (Wildman–Crippen MR) is 52.5 cm³/mol. The number of hydrogen-bond acceptors (Lipinski definition) is 3. The normalized spacial score (nSPS) is 13.2. The molecule has 2 N–H and O–H groups in total. The number of aryl methyl sites for hydroxylation is 1. The molecule has 1 aromatic rings. The van der Waals surface area contributed by atoms with Crippen LogP contribution in [0.5, 0.6) is 0 Å². The molecule has 68 valence electrons. The third-order valence-corrected chi connectivity index (χ3v) is 2.69. The summed E-state index contributed by atoms with van der Waals surface area (Å²) in [7, 11) is 0. The fraction of sp³-hybridized carbons (Fsp3) is 0.556. The minimum absolute atomic E-state index is 0.0845. The fourth-order valence-electron chi connectivity index (χ4n) is 1.21. The van der Waals surface area contributed by atoms with Gasteiger partial charge in [-0.2, -0.15) is 0 Å². The van der Waals surface area contributed by atoms with Crippen LogP contribution in [0.25, 0.3) is 0 Å². The molecule has 0 saturated carbocycles. The lowest BCUT2D eigenvalue weighted by atomic mass is 10.1. The molecule has 0 bridgehead atoms. The second-order valence-corrected chi connectivity index (χ2v) is 3.73. The molecular weight excluding hydrogens is 170 g/mol. The van der Waals surface area contributed by atoms with Gasteiger partial charge in [0, 0.05) is 18.0 Å². The van der Waals surface area contributed by atoms with E-state index >= 15 is 0 Å². The Balaban J connectivity index is 2.72. The molecule has 0 aliphatic rings. The van der Waals surface area contributed by atoms with E-state index in [1.54, 1.807) is 11.3 Å². The molecule has 1 atom stereocenters. The maximum atomic E-state index is 5.60. The SMILES string of the molecule is CCOC(CN)c1ccsc1C. The smallest absolute Gasteiger partial charge is 0.0957 e. The topological polar surface area (TPSA) is 35.2 Å². The van der Waals surface area contributed by atoms with Crippen LogP contribution >= 0.6 is 11.3 Å². The van der Waals surface area contributed by atoms with Gasteiger partial charge in [-0.1, -0.05) is 0 Å². The molecule has 0 amide bonds. The molecule has 1 heterocycles. The Bertz CT molecular complexity index is 234. The highest BCUT2D eigenvalue weighted by atomic mass is 32.1. The molecule has 0 aliphatic carbocycles. The maximum absolute atomic E-state index is 5.60. The van der Waals surface area contributed by atoms with Gasteiger partial charge >= 0.3 is 0 Å². The molecule has 0 saturated heterocycles. The third kappa shape index (κ3) is 2.06. The average Bonchev–Trinajstić information content (AvgIpc) is 2.47. The van der Waals surface area contributed by atoms with Gasteiger partial charge in [0.15, 0.2) is 0 Å². The number of thiophene rings is 1. The summed E-state index contributed by atoms with van der Waals surface area (Å²) >= 11 is 1.74. The van der Waals surface area contributed by atoms with E-state index in [2.05, 4.69) is 18.4 Å². The van der Waals surface area contributed by atoms with Gasteiger partial charge in [0.05, 0.1) is 6.10 Å². The van der Waals surface area contributed by atoms with E-state index in [1.807, 2.05) is 6.92 Å². The van der Waals surface area contributed by atoms with Crippen molar-refractivity contribution in [2.45, 2.75) is 20.0 Å². The van der Waals surface area contributed by atoms with Crippen LogP contribution in [-0.2, 0) is 4.74 Å². The molecule has 1 unspecified atom stereocenters. The summed E-state index contributed by atoms with van der Waals surface area (Å²) in [6.07, 6.45) is 0.0845. The molecule has 0 aliphatic heterocycles. The Morgan fingerprint density at radius 2 is 2.42 bits per heavy atom. The van der Waals surface area contributed by atoms with Crippen LogP contribution in [0.2, 0.25) is 0 Å². The molecule has 12 heavy (non-hydrogen) atoms. The van der Waals surface area contributed by atoms with E-state index in [0.29, 0.717) is 6.54 Å². The van der Waals surface area contributed by atoms with Crippen molar-refractivity contribution in [2.24, 2.45) is 5.73 Å². The number of ether oxygens (including phenoxy) is 1. The zero-order valence-electron chi connectivity index (χ0n) is 7.54. The Morgan fingerprint density at radius 3 is 2.83 bits per heavy atom. The van der Waals surface area contributed by atoms with Gasteiger partial charge in [0.1, 0.15) is 0 Å². The molecule has 1 aromatic heterocycles. The van der Waals surface area contributed by atoms with Crippen LogP contribution in [0.4, 0.5) is 0 Å². The van der Waals surface area contributed by atoms with Crippen molar-refractivity contribution in [2.75, 3.05) is 13.2 Å². The Morgan fingerprint density at radius 1 is 1.67 bits per heavy atom. The summed E-state index contributed by atoms with van der Waals surface area (Å²) in [5.74, 6) is 0. The van der Waals surface area contributed by atoms with Crippen LogP contribution in [-0.4, -0.2) is 13.2 Å². The fourth-order valence-corrected chi connectivity index (χ4v) is 1.97. The van der Waals surface area contributed by atoms with Gasteiger partial charge < -0.3 is 10.5 Å². The van der Waals surface area contributed by atoms with Crippen LogP contribution in [0.3, 0.4) is 0 Å². The van der Waals surface area contributed by atoms with Crippen molar-refractivity contribution >= 4 is 11.3 Å². The maximum Gasteiger partial charge on any atom is 0.0957 e. The lowest BCUT2D eigenvalue weighted by Gasteiger charge is -2.14. The van der Waals surface area contributed by atoms with Crippen molar-refractivity contribution in [3.05, 3.63) is 21.9 Å². The lowest BCUT2D eigenvalue weighted by molar-refractivity contribution is 0.0688. The first kappa shape index (κ1) is 9.71. The molecule has 0 fully saturated rings. The number of nitrogens with two attached hydrogens (primary N) is 1. The molecule has 2 nitrogen and oxygen atoms in total. The molecule has 0 aromatic carbocycles. The first-order chi connectivity index (χ1) is 5.79. The van der Waals surface area contributed by atoms with Crippen molar-refractivity contribution in [1.82, 2.24) is 0 Å². The zero-order valence-corrected chi connectivity index (χ0v) is 8.36. The summed E-state index contributed by atoms with van der Waals surface area (Å²) in [5, 5.41) is 2.08. The van der Waals surface area contributed by atoms with Gasteiger partial charge in [-0.3, -0.25) is 0 Å². The van der Waals surface area contributed by atoms with E-state index in [4.69, 9.17) is 10.5 Å². The minimum atomic E-state index is 0.0845. The van der Waals surface area contributed by atoms with Crippen molar-refractivity contribution in [3.63, 3.8) is 0 Å². The summed E-state index contributed by atoms with van der Waals surface area (Å²) in [6, 6.07) is 2.09. The molecule has 3 heteroatoms. The molecular formula is C9H15NOS. The van der Waals surface area contributed by atoms with Crippen LogP contribution in [0.15, 0.2) is 11.4 Å². The van der Waals surface area contributed by atoms with Crippen LogP contribution < -0.4 is 5.73 Å². The van der Waals surface area contributed by atoms with Gasteiger partial charge in [0.2, 0.25) is 0 Å². The van der Waals surface area contributed by atoms with E-state index in [1.165, 1.54) is 10.4 Å². The second-order valence-electron chi connectivity index (χ2n) is 2.61. The minimum Gasteiger partial charge on any atom is -0.372 e. The second kappa shape index (κ2) is 4.60. The van der Waals surface area contributed by atoms with Crippen molar-refractivity contribution in [3.8, 4) is 0 Å². The zero-order chi connectivity index (χ0) is 8.97. The van der Waals surface area contributed by atoms with E-state index < -0.39 is 0 Å². The van der Waals surface area contributed by atoms with Gasteiger partial charge in [-0.05, 0) is 30.9 Å². The highest BCUT2D eigenvalue weighted by Crippen LogP contribution is 2.24.